The van der Waals surface area contributed by atoms with E-state index in [1.807, 2.05) is 6.07 Å². The fraction of sp³-hybridized carbons (Fsp3) is 0.250. The number of rotatable bonds is 7. The molecule has 0 bridgehead atoms. The Morgan fingerprint density at radius 2 is 1.42 bits per heavy atom. The molecule has 3 heteroatoms. The van der Waals surface area contributed by atoms with Gasteiger partial charge in [-0.1, -0.05) is 42.5 Å². The third kappa shape index (κ3) is 4.39. The van der Waals surface area contributed by atoms with Crippen LogP contribution in [0.25, 0.3) is 11.1 Å². The first-order valence-electron chi connectivity index (χ1n) is 6.70. The van der Waals surface area contributed by atoms with Gasteiger partial charge in [0.05, 0.1) is 0 Å². The smallest absolute Gasteiger partial charge is 0.0341 e. The molecule has 0 amide bonds. The Kier molecular flexibility index (Phi) is 5.41. The molecule has 2 aromatic rings. The molecule has 0 unspecified atom stereocenters. The molecular formula is C16H21N3. The van der Waals surface area contributed by atoms with Gasteiger partial charge in [0.25, 0.3) is 0 Å². The normalized spacial score (nSPS) is 10.4. The Labute approximate surface area is 114 Å². The van der Waals surface area contributed by atoms with E-state index in [4.69, 9.17) is 5.73 Å². The first kappa shape index (κ1) is 13.6. The molecule has 0 aliphatic heterocycles. The zero-order chi connectivity index (χ0) is 13.3. The predicted molar refractivity (Wildman–Crippen MR) is 82.3 cm³/mol. The third-order valence-corrected chi connectivity index (χ3v) is 2.94. The van der Waals surface area contributed by atoms with Crippen molar-refractivity contribution in [2.75, 3.05) is 31.5 Å². The van der Waals surface area contributed by atoms with Crippen LogP contribution in [0.4, 0.5) is 5.69 Å². The number of anilines is 1. The molecule has 0 fully saturated rings. The largest absolute Gasteiger partial charge is 0.384 e. The van der Waals surface area contributed by atoms with Gasteiger partial charge in [0.15, 0.2) is 0 Å². The second-order valence-electron chi connectivity index (χ2n) is 4.41. The van der Waals surface area contributed by atoms with E-state index in [-0.39, 0.29) is 0 Å². The van der Waals surface area contributed by atoms with Crippen molar-refractivity contribution in [2.45, 2.75) is 0 Å². The molecule has 0 aliphatic rings. The van der Waals surface area contributed by atoms with E-state index in [1.54, 1.807) is 0 Å². The van der Waals surface area contributed by atoms with Crippen LogP contribution in [-0.4, -0.2) is 26.2 Å². The van der Waals surface area contributed by atoms with Gasteiger partial charge in [0.2, 0.25) is 0 Å². The summed E-state index contributed by atoms with van der Waals surface area (Å²) in [5.41, 5.74) is 9.05. The van der Waals surface area contributed by atoms with Gasteiger partial charge in [-0.05, 0) is 23.3 Å². The van der Waals surface area contributed by atoms with Gasteiger partial charge in [-0.2, -0.15) is 0 Å². The highest BCUT2D eigenvalue weighted by molar-refractivity contribution is 5.65. The molecule has 2 rings (SSSR count). The lowest BCUT2D eigenvalue weighted by Gasteiger charge is -2.08. The predicted octanol–water partition coefficient (Wildman–Crippen LogP) is 2.31. The maximum absolute atomic E-state index is 5.41. The Morgan fingerprint density at radius 1 is 0.737 bits per heavy atom. The monoisotopic (exact) mass is 255 g/mol. The van der Waals surface area contributed by atoms with Gasteiger partial charge in [0.1, 0.15) is 0 Å². The van der Waals surface area contributed by atoms with Crippen LogP contribution in [-0.2, 0) is 0 Å². The zero-order valence-electron chi connectivity index (χ0n) is 11.1. The SMILES string of the molecule is NCCNCCNc1ccc(-c2ccccc2)cc1. The van der Waals surface area contributed by atoms with Crippen LogP contribution in [0.1, 0.15) is 0 Å². The van der Waals surface area contributed by atoms with Crippen molar-refractivity contribution in [3.63, 3.8) is 0 Å². The quantitative estimate of drug-likeness (QED) is 0.665. The van der Waals surface area contributed by atoms with Crippen molar-refractivity contribution in [2.24, 2.45) is 5.73 Å². The number of hydrogen-bond acceptors (Lipinski definition) is 3. The molecule has 0 aliphatic carbocycles. The van der Waals surface area contributed by atoms with Crippen molar-refractivity contribution in [1.82, 2.24) is 5.32 Å². The fourth-order valence-corrected chi connectivity index (χ4v) is 1.93. The molecule has 19 heavy (non-hydrogen) atoms. The average Bonchev–Trinajstić information content (AvgIpc) is 2.49. The molecule has 0 saturated heterocycles. The fourth-order valence-electron chi connectivity index (χ4n) is 1.93. The van der Waals surface area contributed by atoms with Crippen LogP contribution in [0.15, 0.2) is 54.6 Å². The second kappa shape index (κ2) is 7.56. The van der Waals surface area contributed by atoms with Crippen LogP contribution >= 0.6 is 0 Å². The van der Waals surface area contributed by atoms with Crippen molar-refractivity contribution in [3.05, 3.63) is 54.6 Å². The van der Waals surface area contributed by atoms with Crippen molar-refractivity contribution in [1.29, 1.82) is 0 Å². The molecule has 0 atom stereocenters. The van der Waals surface area contributed by atoms with Crippen LogP contribution in [0, 0.1) is 0 Å². The number of benzene rings is 2. The summed E-state index contributed by atoms with van der Waals surface area (Å²) < 4.78 is 0. The molecule has 2 aromatic carbocycles. The van der Waals surface area contributed by atoms with Gasteiger partial charge in [-0.15, -0.1) is 0 Å². The number of nitrogens with one attached hydrogen (secondary N) is 2. The molecule has 100 valence electrons. The Hall–Kier alpha value is -1.84. The first-order chi connectivity index (χ1) is 9.40. The molecule has 4 N–H and O–H groups in total. The molecule has 0 radical (unpaired) electrons. The summed E-state index contributed by atoms with van der Waals surface area (Å²) in [5.74, 6) is 0. The lowest BCUT2D eigenvalue weighted by Crippen LogP contribution is -2.27. The summed E-state index contributed by atoms with van der Waals surface area (Å²) in [6.45, 7) is 3.39. The van der Waals surface area contributed by atoms with Gasteiger partial charge < -0.3 is 16.4 Å². The number of nitrogens with two attached hydrogens (primary N) is 1. The van der Waals surface area contributed by atoms with E-state index >= 15 is 0 Å². The summed E-state index contributed by atoms with van der Waals surface area (Å²) in [4.78, 5) is 0. The second-order valence-corrected chi connectivity index (χ2v) is 4.41. The van der Waals surface area contributed by atoms with E-state index in [1.165, 1.54) is 11.1 Å². The average molecular weight is 255 g/mol. The summed E-state index contributed by atoms with van der Waals surface area (Å²) >= 11 is 0. The first-order valence-corrected chi connectivity index (χ1v) is 6.70. The summed E-state index contributed by atoms with van der Waals surface area (Å²) in [6.07, 6.45) is 0. The molecule has 0 heterocycles. The van der Waals surface area contributed by atoms with Crippen molar-refractivity contribution in [3.8, 4) is 11.1 Å². The molecular weight excluding hydrogens is 234 g/mol. The Bertz CT molecular complexity index is 465. The van der Waals surface area contributed by atoms with Crippen LogP contribution in [0.3, 0.4) is 0 Å². The van der Waals surface area contributed by atoms with E-state index < -0.39 is 0 Å². The summed E-state index contributed by atoms with van der Waals surface area (Å²) in [6, 6.07) is 18.9. The third-order valence-electron chi connectivity index (χ3n) is 2.94. The van der Waals surface area contributed by atoms with Gasteiger partial charge in [0, 0.05) is 31.9 Å². The Balaban J connectivity index is 1.85. The minimum atomic E-state index is 0.686. The lowest BCUT2D eigenvalue weighted by molar-refractivity contribution is 0.707. The lowest BCUT2D eigenvalue weighted by atomic mass is 10.1. The highest BCUT2D eigenvalue weighted by atomic mass is 14.9. The van der Waals surface area contributed by atoms with Crippen molar-refractivity contribution < 1.29 is 0 Å². The topological polar surface area (TPSA) is 50.1 Å². The number of hydrogen-bond donors (Lipinski definition) is 3. The summed E-state index contributed by atoms with van der Waals surface area (Å²) in [7, 11) is 0. The standard InChI is InChI=1S/C16H21N3/c17-10-11-18-12-13-19-16-8-6-15(7-9-16)14-4-2-1-3-5-14/h1-9,18-19H,10-13,17H2. The highest BCUT2D eigenvalue weighted by Gasteiger charge is 1.96. The molecule has 3 nitrogen and oxygen atoms in total. The molecule has 0 aromatic heterocycles. The van der Waals surface area contributed by atoms with Gasteiger partial charge in [-0.25, -0.2) is 0 Å². The highest BCUT2D eigenvalue weighted by Crippen LogP contribution is 2.20. The zero-order valence-corrected chi connectivity index (χ0v) is 11.1. The van der Waals surface area contributed by atoms with E-state index in [0.29, 0.717) is 6.54 Å². The van der Waals surface area contributed by atoms with Crippen LogP contribution in [0.5, 0.6) is 0 Å². The van der Waals surface area contributed by atoms with E-state index in [0.717, 1.165) is 25.3 Å². The summed E-state index contributed by atoms with van der Waals surface area (Å²) in [5, 5.41) is 6.63. The van der Waals surface area contributed by atoms with Crippen LogP contribution in [0.2, 0.25) is 0 Å². The van der Waals surface area contributed by atoms with E-state index in [2.05, 4.69) is 59.2 Å². The minimum Gasteiger partial charge on any atom is -0.384 e. The van der Waals surface area contributed by atoms with E-state index in [9.17, 15) is 0 Å². The molecule has 0 saturated carbocycles. The van der Waals surface area contributed by atoms with Gasteiger partial charge in [-0.3, -0.25) is 0 Å². The maximum Gasteiger partial charge on any atom is 0.0341 e. The minimum absolute atomic E-state index is 0.686. The maximum atomic E-state index is 5.41. The van der Waals surface area contributed by atoms with Gasteiger partial charge >= 0.3 is 0 Å². The Morgan fingerprint density at radius 3 is 2.11 bits per heavy atom. The van der Waals surface area contributed by atoms with Crippen molar-refractivity contribution >= 4 is 5.69 Å². The van der Waals surface area contributed by atoms with Crippen LogP contribution < -0.4 is 16.4 Å². The molecule has 0 spiro atoms.